The van der Waals surface area contributed by atoms with Crippen LogP contribution in [0.15, 0.2) is 16.5 Å². The van der Waals surface area contributed by atoms with E-state index < -0.39 is 11.9 Å². The fourth-order valence-electron chi connectivity index (χ4n) is 1.09. The number of ether oxygens (including phenoxy) is 1. The van der Waals surface area contributed by atoms with Gasteiger partial charge < -0.3 is 14.1 Å². The Morgan fingerprint density at radius 1 is 1.50 bits per heavy atom. The predicted molar refractivity (Wildman–Crippen MR) is 57.3 cm³/mol. The zero-order chi connectivity index (χ0) is 12.1. The van der Waals surface area contributed by atoms with Crippen molar-refractivity contribution in [2.24, 2.45) is 0 Å². The summed E-state index contributed by atoms with van der Waals surface area (Å²) >= 11 is 5.54. The minimum atomic E-state index is -0.462. The lowest BCUT2D eigenvalue weighted by atomic mass is 10.4. The van der Waals surface area contributed by atoms with Crippen LogP contribution in [0.4, 0.5) is 0 Å². The van der Waals surface area contributed by atoms with Crippen molar-refractivity contribution in [3.05, 3.63) is 23.1 Å². The number of halogens is 1. The number of amides is 1. The van der Waals surface area contributed by atoms with Crippen LogP contribution in [0.5, 0.6) is 0 Å². The minimum Gasteiger partial charge on any atom is -0.465 e. The van der Waals surface area contributed by atoms with Crippen molar-refractivity contribution in [1.29, 1.82) is 0 Å². The summed E-state index contributed by atoms with van der Waals surface area (Å²) in [6.45, 7) is 1.87. The van der Waals surface area contributed by atoms with E-state index in [9.17, 15) is 9.59 Å². The van der Waals surface area contributed by atoms with Gasteiger partial charge >= 0.3 is 5.97 Å². The van der Waals surface area contributed by atoms with E-state index in [-0.39, 0.29) is 24.1 Å². The molecule has 0 radical (unpaired) electrons. The Morgan fingerprint density at radius 2 is 2.19 bits per heavy atom. The molecule has 1 heterocycles. The number of nitrogens with zero attached hydrogens (tertiary/aromatic N) is 1. The number of likely N-dealkylation sites (N-methyl/N-ethyl adjacent to an activating group) is 1. The van der Waals surface area contributed by atoms with E-state index in [1.165, 1.54) is 24.1 Å². The molecule has 0 spiro atoms. The van der Waals surface area contributed by atoms with Gasteiger partial charge in [-0.25, -0.2) is 0 Å². The lowest BCUT2D eigenvalue weighted by Crippen LogP contribution is -2.32. The molecule has 0 aliphatic rings. The molecule has 1 amide bonds. The molecule has 1 aromatic rings. The SMILES string of the molecule is CCOC(=O)CN(C)C(=O)c1ccc(Cl)o1. The normalized spacial score (nSPS) is 9.94. The van der Waals surface area contributed by atoms with E-state index in [0.29, 0.717) is 0 Å². The van der Waals surface area contributed by atoms with Crippen LogP contribution in [-0.4, -0.2) is 37.0 Å². The van der Waals surface area contributed by atoms with Gasteiger partial charge in [0, 0.05) is 7.05 Å². The molecule has 0 atom stereocenters. The van der Waals surface area contributed by atoms with Gasteiger partial charge in [0.1, 0.15) is 6.54 Å². The third-order valence-corrected chi connectivity index (χ3v) is 2.01. The first-order valence-electron chi connectivity index (χ1n) is 4.71. The van der Waals surface area contributed by atoms with Crippen molar-refractivity contribution >= 4 is 23.5 Å². The van der Waals surface area contributed by atoms with Crippen LogP contribution in [0.3, 0.4) is 0 Å². The number of carbonyl (C=O) groups excluding carboxylic acids is 2. The molecule has 0 saturated heterocycles. The van der Waals surface area contributed by atoms with Gasteiger partial charge in [-0.1, -0.05) is 0 Å². The quantitative estimate of drug-likeness (QED) is 0.756. The molecule has 0 bridgehead atoms. The van der Waals surface area contributed by atoms with Crippen molar-refractivity contribution in [3.8, 4) is 0 Å². The highest BCUT2D eigenvalue weighted by atomic mass is 35.5. The highest BCUT2D eigenvalue weighted by Gasteiger charge is 2.18. The molecule has 0 aromatic carbocycles. The van der Waals surface area contributed by atoms with Crippen molar-refractivity contribution in [2.75, 3.05) is 20.2 Å². The van der Waals surface area contributed by atoms with Gasteiger partial charge in [-0.2, -0.15) is 0 Å². The van der Waals surface area contributed by atoms with Gasteiger partial charge in [0.25, 0.3) is 5.91 Å². The topological polar surface area (TPSA) is 59.8 Å². The molecular weight excluding hydrogens is 234 g/mol. The van der Waals surface area contributed by atoms with Crippen molar-refractivity contribution < 1.29 is 18.7 Å². The zero-order valence-electron chi connectivity index (χ0n) is 9.03. The Kier molecular flexibility index (Phi) is 4.37. The number of rotatable bonds is 4. The molecule has 5 nitrogen and oxygen atoms in total. The zero-order valence-corrected chi connectivity index (χ0v) is 9.78. The van der Waals surface area contributed by atoms with Gasteiger partial charge in [0.2, 0.25) is 0 Å². The van der Waals surface area contributed by atoms with Crippen LogP contribution in [0.1, 0.15) is 17.5 Å². The van der Waals surface area contributed by atoms with Gasteiger partial charge in [0.05, 0.1) is 6.61 Å². The molecule has 1 aromatic heterocycles. The van der Waals surface area contributed by atoms with Crippen molar-refractivity contribution in [2.45, 2.75) is 6.92 Å². The fourth-order valence-corrected chi connectivity index (χ4v) is 1.24. The lowest BCUT2D eigenvalue weighted by molar-refractivity contribution is -0.143. The van der Waals surface area contributed by atoms with E-state index in [1.807, 2.05) is 0 Å². The maximum absolute atomic E-state index is 11.7. The number of carbonyl (C=O) groups is 2. The van der Waals surface area contributed by atoms with Crippen LogP contribution in [0, 0.1) is 0 Å². The standard InChI is InChI=1S/C10H12ClNO4/c1-3-15-9(13)6-12(2)10(14)7-4-5-8(11)16-7/h4-5H,3,6H2,1-2H3. The fraction of sp³-hybridized carbons (Fsp3) is 0.400. The lowest BCUT2D eigenvalue weighted by Gasteiger charge is -2.14. The van der Waals surface area contributed by atoms with E-state index in [4.69, 9.17) is 20.8 Å². The summed E-state index contributed by atoms with van der Waals surface area (Å²) in [7, 11) is 1.48. The Hall–Kier alpha value is -1.49. The van der Waals surface area contributed by atoms with Gasteiger partial charge in [-0.3, -0.25) is 9.59 Å². The van der Waals surface area contributed by atoms with E-state index >= 15 is 0 Å². The highest BCUT2D eigenvalue weighted by Crippen LogP contribution is 2.14. The first-order valence-corrected chi connectivity index (χ1v) is 5.08. The maximum Gasteiger partial charge on any atom is 0.325 e. The third-order valence-electron chi connectivity index (χ3n) is 1.80. The summed E-state index contributed by atoms with van der Waals surface area (Å²) in [4.78, 5) is 24.0. The predicted octanol–water partition coefficient (Wildman–Crippen LogP) is 1.57. The third kappa shape index (κ3) is 3.27. The monoisotopic (exact) mass is 245 g/mol. The van der Waals surface area contributed by atoms with Crippen LogP contribution in [0.25, 0.3) is 0 Å². The van der Waals surface area contributed by atoms with E-state index in [2.05, 4.69) is 0 Å². The Morgan fingerprint density at radius 3 is 2.69 bits per heavy atom. The average Bonchev–Trinajstić information content (AvgIpc) is 2.64. The Labute approximate surface area is 97.9 Å². The van der Waals surface area contributed by atoms with E-state index in [0.717, 1.165) is 0 Å². The maximum atomic E-state index is 11.7. The second kappa shape index (κ2) is 5.55. The molecule has 6 heteroatoms. The molecule has 88 valence electrons. The number of hydrogen-bond acceptors (Lipinski definition) is 4. The molecular formula is C10H12ClNO4. The summed E-state index contributed by atoms with van der Waals surface area (Å²) in [5.74, 6) is -0.784. The second-order valence-electron chi connectivity index (χ2n) is 3.07. The molecule has 0 N–H and O–H groups in total. The molecule has 16 heavy (non-hydrogen) atoms. The number of esters is 1. The molecule has 1 rings (SSSR count). The minimum absolute atomic E-state index is 0.0943. The Balaban J connectivity index is 2.57. The molecule has 0 aliphatic carbocycles. The van der Waals surface area contributed by atoms with Gasteiger partial charge in [-0.15, -0.1) is 0 Å². The average molecular weight is 246 g/mol. The Bertz CT molecular complexity index is 388. The summed E-state index contributed by atoms with van der Waals surface area (Å²) in [5.41, 5.74) is 0. The summed E-state index contributed by atoms with van der Waals surface area (Å²) < 4.78 is 9.64. The summed E-state index contributed by atoms with van der Waals surface area (Å²) in [6, 6.07) is 2.92. The van der Waals surface area contributed by atoms with Crippen LogP contribution >= 0.6 is 11.6 Å². The first kappa shape index (κ1) is 12.6. The van der Waals surface area contributed by atoms with Crippen LogP contribution in [0.2, 0.25) is 5.22 Å². The summed E-state index contributed by atoms with van der Waals surface area (Å²) in [5, 5.41) is 0.132. The van der Waals surface area contributed by atoms with Gasteiger partial charge in [0.15, 0.2) is 11.0 Å². The van der Waals surface area contributed by atoms with Crippen LogP contribution < -0.4 is 0 Å². The number of furan rings is 1. The van der Waals surface area contributed by atoms with Gasteiger partial charge in [-0.05, 0) is 30.7 Å². The number of hydrogen-bond donors (Lipinski definition) is 0. The van der Waals surface area contributed by atoms with Crippen molar-refractivity contribution in [1.82, 2.24) is 4.90 Å². The second-order valence-corrected chi connectivity index (χ2v) is 3.44. The molecule has 0 saturated carbocycles. The van der Waals surface area contributed by atoms with Crippen LogP contribution in [-0.2, 0) is 9.53 Å². The first-order chi connectivity index (χ1) is 7.54. The smallest absolute Gasteiger partial charge is 0.325 e. The van der Waals surface area contributed by atoms with E-state index in [1.54, 1.807) is 6.92 Å². The molecule has 0 aliphatic heterocycles. The molecule has 0 unspecified atom stereocenters. The largest absolute Gasteiger partial charge is 0.465 e. The summed E-state index contributed by atoms with van der Waals surface area (Å²) in [6.07, 6.45) is 0. The van der Waals surface area contributed by atoms with Crippen molar-refractivity contribution in [3.63, 3.8) is 0 Å². The molecule has 0 fully saturated rings. The highest BCUT2D eigenvalue weighted by molar-refractivity contribution is 6.29.